The molecule has 0 saturated carbocycles. The Kier molecular flexibility index (Phi) is 9.51. The Labute approximate surface area is 240 Å². The van der Waals surface area contributed by atoms with Crippen molar-refractivity contribution in [3.8, 4) is 0 Å². The number of amides is 2. The third-order valence-electron chi connectivity index (χ3n) is 5.81. The summed E-state index contributed by atoms with van der Waals surface area (Å²) in [4.78, 5) is 70.6. The van der Waals surface area contributed by atoms with E-state index in [4.69, 9.17) is 20.0 Å². The van der Waals surface area contributed by atoms with Crippen LogP contribution >= 0.6 is 23.1 Å². The number of fused-ring (bicyclic) bond motifs is 1. The maximum absolute atomic E-state index is 12.9. The molecule has 0 radical (unpaired) electrons. The molecule has 15 nitrogen and oxygen atoms in total. The van der Waals surface area contributed by atoms with Crippen LogP contribution in [0.25, 0.3) is 0 Å². The molecule has 2 atom stereocenters. The fraction of sp³-hybridized carbons (Fsp3) is 0.333. The fourth-order valence-electron chi connectivity index (χ4n) is 3.84. The molecule has 2 aliphatic rings. The molecule has 2 unspecified atom stereocenters. The zero-order valence-corrected chi connectivity index (χ0v) is 23.1. The normalized spacial score (nSPS) is 18.0. The van der Waals surface area contributed by atoms with Crippen molar-refractivity contribution in [3.05, 3.63) is 62.8 Å². The summed E-state index contributed by atoms with van der Waals surface area (Å²) in [5.41, 5.74) is 6.28. The van der Waals surface area contributed by atoms with E-state index in [1.165, 1.54) is 53.4 Å². The predicted octanol–water partition coefficient (Wildman–Crippen LogP) is 1.33. The summed E-state index contributed by atoms with van der Waals surface area (Å²) < 4.78 is 10.4. The van der Waals surface area contributed by atoms with E-state index in [2.05, 4.69) is 15.5 Å². The highest BCUT2D eigenvalue weighted by atomic mass is 32.2. The van der Waals surface area contributed by atoms with Gasteiger partial charge in [-0.05, 0) is 30.2 Å². The van der Waals surface area contributed by atoms with Crippen molar-refractivity contribution in [2.24, 2.45) is 5.16 Å². The number of nitro groups is 1. The van der Waals surface area contributed by atoms with Crippen LogP contribution in [0.3, 0.4) is 0 Å². The van der Waals surface area contributed by atoms with E-state index in [9.17, 15) is 29.3 Å². The molecule has 216 valence electrons. The number of nitrogens with two attached hydrogens (primary N) is 1. The largest absolute Gasteiger partial charge is 0.461 e. The standard InChI is InChI=1S/C24H24N6O9S2/c1-37-28-18(15-12-41-24(25)26-15)20(32)27-19-21(33)29-16(8-10-40-22(19)29)23(34)38-9-2-3-17(31)39-11-13-4-6-14(7-5-13)30(35)36/h4-8,12,19,22H,2-3,9-11H2,1H3,(H2,25,26)(H,27,32)/b28-18+. The van der Waals surface area contributed by atoms with E-state index in [1.807, 2.05) is 0 Å². The Morgan fingerprint density at radius 2 is 2.02 bits per heavy atom. The van der Waals surface area contributed by atoms with Gasteiger partial charge in [-0.25, -0.2) is 9.78 Å². The molecule has 0 spiro atoms. The SMILES string of the molecule is CO/N=C(/C(=O)NC1C(=O)N2C(C(=O)OCCCC(=O)OCc3ccc([N+](=O)[O-])cc3)=CCSC12)c1csc(N)n1. The number of esters is 2. The zero-order valence-electron chi connectivity index (χ0n) is 21.5. The number of nitrogens with zero attached hydrogens (tertiary/aromatic N) is 4. The topological polar surface area (TPSA) is 206 Å². The monoisotopic (exact) mass is 604 g/mol. The third kappa shape index (κ3) is 6.98. The molecule has 1 fully saturated rings. The predicted molar refractivity (Wildman–Crippen MR) is 146 cm³/mol. The number of aromatic nitrogens is 1. The van der Waals surface area contributed by atoms with Gasteiger partial charge < -0.3 is 25.4 Å². The number of oxime groups is 1. The zero-order chi connectivity index (χ0) is 29.5. The minimum absolute atomic E-state index is 0.0233. The van der Waals surface area contributed by atoms with Gasteiger partial charge in [0.15, 0.2) is 10.8 Å². The Hall–Kier alpha value is -4.51. The Morgan fingerprint density at radius 3 is 2.68 bits per heavy atom. The molecule has 0 aliphatic carbocycles. The van der Waals surface area contributed by atoms with Crippen molar-refractivity contribution in [2.75, 3.05) is 25.2 Å². The number of anilines is 1. The molecular formula is C24H24N6O9S2. The summed E-state index contributed by atoms with van der Waals surface area (Å²) in [5, 5.41) is 18.3. The van der Waals surface area contributed by atoms with Crippen LogP contribution in [0.5, 0.6) is 0 Å². The summed E-state index contributed by atoms with van der Waals surface area (Å²) in [6.45, 7) is -0.135. The number of thioether (sulfide) groups is 1. The van der Waals surface area contributed by atoms with Crippen LogP contribution in [0.1, 0.15) is 24.1 Å². The van der Waals surface area contributed by atoms with Crippen molar-refractivity contribution in [2.45, 2.75) is 30.9 Å². The highest BCUT2D eigenvalue weighted by Gasteiger charge is 2.53. The number of rotatable bonds is 12. The number of benzene rings is 1. The molecule has 0 bridgehead atoms. The number of nitro benzene ring substituents is 1. The number of hydrogen-bond donors (Lipinski definition) is 2. The average Bonchev–Trinajstić information content (AvgIpc) is 3.40. The summed E-state index contributed by atoms with van der Waals surface area (Å²) in [6.07, 6.45) is 1.73. The van der Waals surface area contributed by atoms with E-state index >= 15 is 0 Å². The van der Waals surface area contributed by atoms with Gasteiger partial charge >= 0.3 is 11.9 Å². The van der Waals surface area contributed by atoms with Gasteiger partial charge in [0.1, 0.15) is 36.5 Å². The number of carbonyl (C=O) groups excluding carboxylic acids is 4. The molecule has 2 amide bonds. The second-order valence-corrected chi connectivity index (χ2v) is 10.5. The number of carbonyl (C=O) groups is 4. The van der Waals surface area contributed by atoms with Crippen molar-refractivity contribution in [1.82, 2.24) is 15.2 Å². The summed E-state index contributed by atoms with van der Waals surface area (Å²) in [6, 6.07) is 4.71. The Bertz CT molecular complexity index is 1410. The molecule has 3 heterocycles. The van der Waals surface area contributed by atoms with Crippen molar-refractivity contribution in [1.29, 1.82) is 0 Å². The van der Waals surface area contributed by atoms with Gasteiger partial charge in [-0.2, -0.15) is 0 Å². The first-order valence-corrected chi connectivity index (χ1v) is 14.0. The maximum Gasteiger partial charge on any atom is 0.354 e. The first-order chi connectivity index (χ1) is 19.7. The molecule has 17 heteroatoms. The van der Waals surface area contributed by atoms with Crippen LogP contribution < -0.4 is 11.1 Å². The van der Waals surface area contributed by atoms with Gasteiger partial charge in [-0.1, -0.05) is 5.16 Å². The molecule has 1 aromatic heterocycles. The maximum atomic E-state index is 12.9. The van der Waals surface area contributed by atoms with Crippen molar-refractivity contribution >= 4 is 63.4 Å². The first kappa shape index (κ1) is 29.5. The lowest BCUT2D eigenvalue weighted by atomic mass is 10.0. The molecule has 1 saturated heterocycles. The van der Waals surface area contributed by atoms with Gasteiger partial charge in [0.25, 0.3) is 17.5 Å². The number of nitrogen functional groups attached to an aromatic ring is 1. The minimum atomic E-state index is -0.910. The number of non-ortho nitro benzene ring substituents is 1. The van der Waals surface area contributed by atoms with Gasteiger partial charge in [-0.15, -0.1) is 23.1 Å². The second kappa shape index (κ2) is 13.2. The third-order valence-corrected chi connectivity index (χ3v) is 7.67. The van der Waals surface area contributed by atoms with Crippen LogP contribution in [0.4, 0.5) is 10.8 Å². The molecule has 2 aliphatic heterocycles. The van der Waals surface area contributed by atoms with Crippen LogP contribution in [0, 0.1) is 10.1 Å². The van der Waals surface area contributed by atoms with Crippen molar-refractivity contribution in [3.63, 3.8) is 0 Å². The van der Waals surface area contributed by atoms with E-state index in [0.717, 1.165) is 11.3 Å². The molecule has 41 heavy (non-hydrogen) atoms. The van der Waals surface area contributed by atoms with Gasteiger partial charge in [-0.3, -0.25) is 29.4 Å². The van der Waals surface area contributed by atoms with E-state index in [1.54, 1.807) is 6.08 Å². The van der Waals surface area contributed by atoms with Crippen LogP contribution in [-0.2, 0) is 40.1 Å². The number of hydrogen-bond acceptors (Lipinski definition) is 14. The Balaban J connectivity index is 1.22. The lowest BCUT2D eigenvalue weighted by molar-refractivity contribution is -0.384. The Morgan fingerprint density at radius 1 is 1.27 bits per heavy atom. The number of β-lactam (4-membered cyclic amide) rings is 1. The van der Waals surface area contributed by atoms with E-state index < -0.39 is 40.1 Å². The van der Waals surface area contributed by atoms with Crippen LogP contribution in [0.2, 0.25) is 0 Å². The minimum Gasteiger partial charge on any atom is -0.461 e. The summed E-state index contributed by atoms with van der Waals surface area (Å²) >= 11 is 2.47. The average molecular weight is 605 g/mol. The fourth-order valence-corrected chi connectivity index (χ4v) is 5.58. The quantitative estimate of drug-likeness (QED) is 0.0879. The van der Waals surface area contributed by atoms with Gasteiger partial charge in [0, 0.05) is 29.7 Å². The lowest BCUT2D eigenvalue weighted by Gasteiger charge is -2.48. The van der Waals surface area contributed by atoms with Crippen molar-refractivity contribution < 1.29 is 38.4 Å². The highest BCUT2D eigenvalue weighted by molar-refractivity contribution is 8.00. The summed E-state index contributed by atoms with van der Waals surface area (Å²) in [5.74, 6) is -2.03. The lowest BCUT2D eigenvalue weighted by Crippen LogP contribution is -2.70. The molecule has 1 aromatic carbocycles. The van der Waals surface area contributed by atoms with Crippen LogP contribution in [0.15, 0.2) is 46.6 Å². The number of nitrogens with one attached hydrogen (secondary N) is 1. The highest BCUT2D eigenvalue weighted by Crippen LogP contribution is 2.37. The second-order valence-electron chi connectivity index (χ2n) is 8.49. The number of thiazole rings is 1. The molecule has 2 aromatic rings. The van der Waals surface area contributed by atoms with Gasteiger partial charge in [0.05, 0.1) is 11.5 Å². The molecular weight excluding hydrogens is 580 g/mol. The van der Waals surface area contributed by atoms with Crippen LogP contribution in [-0.4, -0.2) is 75.2 Å². The number of ether oxygens (including phenoxy) is 2. The summed E-state index contributed by atoms with van der Waals surface area (Å²) in [7, 11) is 1.27. The van der Waals surface area contributed by atoms with Gasteiger partial charge in [0.2, 0.25) is 0 Å². The van der Waals surface area contributed by atoms with E-state index in [0.29, 0.717) is 11.3 Å². The molecule has 3 N–H and O–H groups in total. The smallest absolute Gasteiger partial charge is 0.354 e. The molecule has 4 rings (SSSR count). The first-order valence-electron chi connectivity index (χ1n) is 12.0. The van der Waals surface area contributed by atoms with E-state index in [-0.39, 0.29) is 54.0 Å².